The van der Waals surface area contributed by atoms with E-state index >= 15 is 0 Å². The van der Waals surface area contributed by atoms with Gasteiger partial charge in [-0.1, -0.05) is 28.1 Å². The molecule has 2 N–H and O–H groups in total. The molecule has 0 bridgehead atoms. The largest absolute Gasteiger partial charge is 0.476 e. The Morgan fingerprint density at radius 1 is 0.860 bits per heavy atom. The summed E-state index contributed by atoms with van der Waals surface area (Å²) >= 11 is 7.57. The number of rotatable bonds is 12. The quantitative estimate of drug-likeness (QED) is 0.152. The zero-order valence-electron chi connectivity index (χ0n) is 28.8. The van der Waals surface area contributed by atoms with Gasteiger partial charge in [-0.2, -0.15) is 0 Å². The van der Waals surface area contributed by atoms with Gasteiger partial charge in [-0.05, 0) is 103 Å². The van der Waals surface area contributed by atoms with Crippen molar-refractivity contribution < 1.29 is 28.6 Å². The number of carbonyl (C=O) groups is 3. The number of likely N-dealkylation sites (tertiary alicyclic amines) is 2. The lowest BCUT2D eigenvalue weighted by atomic mass is 10.2. The predicted molar refractivity (Wildman–Crippen MR) is 218 cm³/mol. The Kier molecular flexibility index (Phi) is 23.5. The summed E-state index contributed by atoms with van der Waals surface area (Å²) in [6, 6.07) is 7.46. The second-order valence-electron chi connectivity index (χ2n) is 11.7. The van der Waals surface area contributed by atoms with E-state index < -0.39 is 11.7 Å². The minimum absolute atomic E-state index is 0. The molecule has 278 valence electrons. The van der Waals surface area contributed by atoms with Crippen LogP contribution in [0.2, 0.25) is 0 Å². The van der Waals surface area contributed by atoms with Gasteiger partial charge >= 0.3 is 6.09 Å². The molecule has 3 amide bonds. The Balaban J connectivity index is 0.000000463. The van der Waals surface area contributed by atoms with E-state index in [9.17, 15) is 14.4 Å². The molecule has 2 aliphatic heterocycles. The number of nitrogens with two attached hydrogens (primary N) is 1. The molecule has 0 aliphatic carbocycles. The van der Waals surface area contributed by atoms with Gasteiger partial charge in [0.15, 0.2) is 0 Å². The zero-order valence-corrected chi connectivity index (χ0v) is 35.5. The molecule has 2 saturated heterocycles. The molecule has 0 spiro atoms. The van der Waals surface area contributed by atoms with Crippen molar-refractivity contribution in [3.8, 4) is 11.8 Å². The van der Waals surface area contributed by atoms with Gasteiger partial charge in [-0.25, -0.2) is 14.8 Å². The summed E-state index contributed by atoms with van der Waals surface area (Å²) in [6.45, 7) is 10.9. The summed E-state index contributed by atoms with van der Waals surface area (Å²) in [6.07, 6.45) is 13.0. The van der Waals surface area contributed by atoms with Crippen LogP contribution in [-0.2, 0) is 14.3 Å². The fraction of sp³-hybridized carbons (Fsp3) is 0.500. The van der Waals surface area contributed by atoms with Crippen LogP contribution in [0, 0.1) is 7.14 Å². The van der Waals surface area contributed by atoms with Crippen molar-refractivity contribution in [1.82, 2.24) is 24.7 Å². The summed E-state index contributed by atoms with van der Waals surface area (Å²) in [4.78, 5) is 49.0. The summed E-state index contributed by atoms with van der Waals surface area (Å²) in [7, 11) is 0. The topological polar surface area (TPSA) is 140 Å². The van der Waals surface area contributed by atoms with Crippen molar-refractivity contribution in [1.29, 1.82) is 0 Å². The fourth-order valence-electron chi connectivity index (χ4n) is 4.01. The highest BCUT2D eigenvalue weighted by molar-refractivity contribution is 14.1. The van der Waals surface area contributed by atoms with Crippen LogP contribution in [0.5, 0.6) is 11.8 Å². The monoisotopic (exact) mass is 1000 g/mol. The molecule has 2 aromatic rings. The van der Waals surface area contributed by atoms with Gasteiger partial charge < -0.3 is 34.6 Å². The second kappa shape index (κ2) is 25.7. The van der Waals surface area contributed by atoms with Gasteiger partial charge in [0.25, 0.3) is 0 Å². The lowest BCUT2D eigenvalue weighted by molar-refractivity contribution is -0.129. The smallest absolute Gasteiger partial charge is 0.410 e. The molecule has 2 aliphatic rings. The average Bonchev–Trinajstić information content (AvgIpc) is 3.58. The molecule has 16 heteroatoms. The lowest BCUT2D eigenvalue weighted by Gasteiger charge is -2.29. The number of nitrogens with zero attached hydrogens (tertiary/aromatic N) is 5. The highest BCUT2D eigenvalue weighted by Gasteiger charge is 2.22. The number of allylic oxidation sites excluding steroid dienone is 1. The lowest BCUT2D eigenvalue weighted by Crippen LogP contribution is -2.41. The van der Waals surface area contributed by atoms with Crippen molar-refractivity contribution in [2.45, 2.75) is 45.6 Å². The van der Waals surface area contributed by atoms with Crippen molar-refractivity contribution >= 4 is 91.4 Å². The fourth-order valence-corrected chi connectivity index (χ4v) is 4.84. The van der Waals surface area contributed by atoms with E-state index in [0.717, 1.165) is 57.9 Å². The van der Waals surface area contributed by atoms with Crippen molar-refractivity contribution in [3.05, 3.63) is 68.1 Å². The van der Waals surface area contributed by atoms with Crippen LogP contribution < -0.4 is 15.2 Å². The molecule has 0 atom stereocenters. The Hall–Kier alpha value is -2.22. The molecule has 4 heterocycles. The van der Waals surface area contributed by atoms with Crippen LogP contribution in [0.15, 0.2) is 61.0 Å². The van der Waals surface area contributed by atoms with Crippen LogP contribution in [0.1, 0.15) is 40.0 Å². The summed E-state index contributed by atoms with van der Waals surface area (Å²) in [5.74, 6) is 1.27. The third kappa shape index (κ3) is 20.0. The maximum Gasteiger partial charge on any atom is 0.410 e. The number of amides is 3. The number of aromatic nitrogens is 2. The third-order valence-electron chi connectivity index (χ3n) is 6.55. The van der Waals surface area contributed by atoms with E-state index in [1.54, 1.807) is 30.6 Å². The Bertz CT molecular complexity index is 1340. The first-order valence-corrected chi connectivity index (χ1v) is 19.3. The van der Waals surface area contributed by atoms with Crippen LogP contribution in [0.3, 0.4) is 0 Å². The minimum atomic E-state index is -0.594. The van der Waals surface area contributed by atoms with Crippen LogP contribution in [0.4, 0.5) is 4.79 Å². The number of pyridine rings is 2. The van der Waals surface area contributed by atoms with Crippen molar-refractivity contribution in [2.24, 2.45) is 5.73 Å². The molecule has 4 rings (SSSR count). The second-order valence-corrected chi connectivity index (χ2v) is 14.9. The van der Waals surface area contributed by atoms with Crippen LogP contribution >= 0.6 is 73.5 Å². The van der Waals surface area contributed by atoms with Crippen molar-refractivity contribution in [2.75, 3.05) is 64.4 Å². The van der Waals surface area contributed by atoms with E-state index in [4.69, 9.17) is 19.9 Å². The molecule has 0 unspecified atom stereocenters. The maximum atomic E-state index is 12.5. The van der Waals surface area contributed by atoms with Gasteiger partial charge in [0.1, 0.15) is 18.8 Å². The molecular weight excluding hydrogens is 958 g/mol. The maximum absolute atomic E-state index is 12.5. The van der Waals surface area contributed by atoms with Gasteiger partial charge in [0.05, 0.1) is 6.54 Å². The molecule has 2 fully saturated rings. The molecule has 2 aromatic heterocycles. The molecule has 0 radical (unpaired) electrons. The van der Waals surface area contributed by atoms with Gasteiger partial charge in [-0.3, -0.25) is 9.59 Å². The number of hydrogen-bond donors (Lipinski definition) is 1. The average molecular weight is 1010 g/mol. The van der Waals surface area contributed by atoms with Crippen molar-refractivity contribution in [3.63, 3.8) is 0 Å². The molecule has 50 heavy (non-hydrogen) atoms. The van der Waals surface area contributed by atoms with E-state index in [1.807, 2.05) is 54.8 Å². The zero-order chi connectivity index (χ0) is 36.1. The predicted octanol–water partition coefficient (Wildman–Crippen LogP) is 6.10. The highest BCUT2D eigenvalue weighted by Crippen LogP contribution is 2.13. The first kappa shape index (κ1) is 45.8. The minimum Gasteiger partial charge on any atom is -0.476 e. The molecular formula is C34H48BrClI2N6O6. The third-order valence-corrected chi connectivity index (χ3v) is 8.20. The highest BCUT2D eigenvalue weighted by atomic mass is 127. The summed E-state index contributed by atoms with van der Waals surface area (Å²) in [5, 5.41) is 0.757. The van der Waals surface area contributed by atoms with E-state index in [-0.39, 0.29) is 37.4 Å². The van der Waals surface area contributed by atoms with E-state index in [0.29, 0.717) is 31.5 Å². The van der Waals surface area contributed by atoms with E-state index in [2.05, 4.69) is 71.1 Å². The standard InChI is InChI=1S/C20H28IN3O4.C7H10BrNO.C7H9IN2O.ClH/c1-20(2,3)28-19(26)24(12-6-7-18(25)23-10-4-5-11-23)13-14-27-17-9-8-16(21)15-22-17;8-4-1-3-7(10)9-5-2-6-9;8-6-1-2-7(10-5-6)11-4-3-9;/h6-9,15H,4-5,10-14H2,1-3H3;1,3H,2,4-6H2;1-2,5H,3-4,9H2;1H/b7-6+;3-1+;;. The summed E-state index contributed by atoms with van der Waals surface area (Å²) < 4.78 is 18.4. The summed E-state index contributed by atoms with van der Waals surface area (Å²) in [5.41, 5.74) is 4.66. The molecule has 0 saturated carbocycles. The normalized spacial score (nSPS) is 13.7. The number of alkyl halides is 1. The van der Waals surface area contributed by atoms with Crippen LogP contribution in [0.25, 0.3) is 0 Å². The number of ether oxygens (including phenoxy) is 3. The first-order chi connectivity index (χ1) is 23.4. The molecule has 0 aromatic carbocycles. The van der Waals surface area contributed by atoms with Gasteiger partial charge in [0, 0.05) is 82.3 Å². The Morgan fingerprint density at radius 2 is 1.36 bits per heavy atom. The Morgan fingerprint density at radius 3 is 1.78 bits per heavy atom. The number of halogens is 4. The van der Waals surface area contributed by atoms with E-state index in [1.165, 1.54) is 11.0 Å². The molecule has 12 nitrogen and oxygen atoms in total. The number of hydrogen-bond acceptors (Lipinski definition) is 9. The SMILES string of the molecule is CC(C)(C)OC(=O)N(C/C=C/C(=O)N1CCCC1)CCOc1ccc(I)cn1.Cl.NCCOc1ccc(I)cn1.O=C(/C=C/CBr)N1CCC1. The number of carbonyl (C=O) groups excluding carboxylic acids is 3. The van der Waals surface area contributed by atoms with Gasteiger partial charge in [-0.15, -0.1) is 12.4 Å². The van der Waals surface area contributed by atoms with Gasteiger partial charge in [0.2, 0.25) is 23.6 Å². The van der Waals surface area contributed by atoms with Crippen LogP contribution in [-0.4, -0.2) is 113 Å². The Labute approximate surface area is 337 Å². The first-order valence-electron chi connectivity index (χ1n) is 16.1.